The van der Waals surface area contributed by atoms with E-state index < -0.39 is 5.54 Å². The first-order valence-electron chi connectivity index (χ1n) is 7.26. The van der Waals surface area contributed by atoms with Gasteiger partial charge in [-0.05, 0) is 51.6 Å². The number of nitrogens with two attached hydrogens (primary N) is 1. The van der Waals surface area contributed by atoms with Gasteiger partial charge in [0.15, 0.2) is 0 Å². The standard InChI is InChI=1S/C14H27N3O/c1-16-14(13(15)18,12-7-8-12)10-17(2)9-11-5-3-4-6-11/h11-12,16H,3-10H2,1-2H3,(H2,15,18). The number of primary amides is 1. The fraction of sp³-hybridized carbons (Fsp3) is 0.929. The number of carbonyl (C=O) groups is 1. The van der Waals surface area contributed by atoms with E-state index in [4.69, 9.17) is 5.73 Å². The van der Waals surface area contributed by atoms with Gasteiger partial charge in [-0.1, -0.05) is 12.8 Å². The number of carbonyl (C=O) groups excluding carboxylic acids is 1. The van der Waals surface area contributed by atoms with Gasteiger partial charge in [-0.3, -0.25) is 4.79 Å². The Morgan fingerprint density at radius 1 is 1.33 bits per heavy atom. The molecule has 0 aromatic heterocycles. The molecule has 1 atom stereocenters. The lowest BCUT2D eigenvalue weighted by atomic mass is 9.91. The van der Waals surface area contributed by atoms with Crippen LogP contribution < -0.4 is 11.1 Å². The third-order valence-electron chi connectivity index (χ3n) is 4.72. The molecule has 0 saturated heterocycles. The van der Waals surface area contributed by atoms with Crippen LogP contribution in [0.2, 0.25) is 0 Å². The molecular formula is C14H27N3O. The monoisotopic (exact) mass is 253 g/mol. The molecule has 0 aliphatic heterocycles. The minimum absolute atomic E-state index is 0.189. The molecule has 0 bridgehead atoms. The van der Waals surface area contributed by atoms with E-state index in [0.717, 1.165) is 31.8 Å². The molecule has 0 spiro atoms. The Kier molecular flexibility index (Phi) is 4.28. The number of nitrogens with one attached hydrogen (secondary N) is 1. The van der Waals surface area contributed by atoms with Crippen LogP contribution >= 0.6 is 0 Å². The van der Waals surface area contributed by atoms with Gasteiger partial charge in [0.1, 0.15) is 5.54 Å². The normalized spacial score (nSPS) is 24.4. The first-order chi connectivity index (χ1) is 8.58. The van der Waals surface area contributed by atoms with Gasteiger partial charge in [0.05, 0.1) is 0 Å². The molecule has 2 aliphatic rings. The van der Waals surface area contributed by atoms with Crippen molar-refractivity contribution in [2.75, 3.05) is 27.2 Å². The maximum absolute atomic E-state index is 11.8. The lowest BCUT2D eigenvalue weighted by Gasteiger charge is -2.35. The Morgan fingerprint density at radius 2 is 1.94 bits per heavy atom. The van der Waals surface area contributed by atoms with Gasteiger partial charge in [-0.25, -0.2) is 0 Å². The summed E-state index contributed by atoms with van der Waals surface area (Å²) in [5, 5.41) is 3.22. The number of hydrogen-bond donors (Lipinski definition) is 2. The fourth-order valence-corrected chi connectivity index (χ4v) is 3.51. The molecule has 4 nitrogen and oxygen atoms in total. The van der Waals surface area contributed by atoms with Gasteiger partial charge in [0, 0.05) is 13.1 Å². The molecule has 2 fully saturated rings. The maximum atomic E-state index is 11.8. The average Bonchev–Trinajstić information content (AvgIpc) is 3.06. The minimum atomic E-state index is -0.507. The molecule has 2 rings (SSSR count). The smallest absolute Gasteiger partial charge is 0.239 e. The Morgan fingerprint density at radius 3 is 2.39 bits per heavy atom. The van der Waals surface area contributed by atoms with E-state index >= 15 is 0 Å². The van der Waals surface area contributed by atoms with Crippen LogP contribution in [0.1, 0.15) is 38.5 Å². The summed E-state index contributed by atoms with van der Waals surface area (Å²) < 4.78 is 0. The molecular weight excluding hydrogens is 226 g/mol. The molecule has 18 heavy (non-hydrogen) atoms. The first kappa shape index (κ1) is 13.8. The van der Waals surface area contributed by atoms with Gasteiger partial charge >= 0.3 is 0 Å². The Balaban J connectivity index is 1.93. The van der Waals surface area contributed by atoms with Crippen LogP contribution in [0.5, 0.6) is 0 Å². The van der Waals surface area contributed by atoms with Crippen molar-refractivity contribution in [3.63, 3.8) is 0 Å². The van der Waals surface area contributed by atoms with Gasteiger partial charge < -0.3 is 16.0 Å². The summed E-state index contributed by atoms with van der Waals surface area (Å²) in [5.74, 6) is 1.06. The SMILES string of the molecule is CNC(CN(C)CC1CCCC1)(C(N)=O)C1CC1. The summed E-state index contributed by atoms with van der Waals surface area (Å²) in [6, 6.07) is 0. The summed E-state index contributed by atoms with van der Waals surface area (Å²) >= 11 is 0. The van der Waals surface area contributed by atoms with Crippen LogP contribution in [-0.4, -0.2) is 43.5 Å². The van der Waals surface area contributed by atoms with Crippen LogP contribution in [0, 0.1) is 11.8 Å². The van der Waals surface area contributed by atoms with Crippen molar-refractivity contribution in [1.82, 2.24) is 10.2 Å². The molecule has 4 heteroatoms. The number of hydrogen-bond acceptors (Lipinski definition) is 3. The zero-order chi connectivity index (χ0) is 13.2. The fourth-order valence-electron chi connectivity index (χ4n) is 3.51. The predicted octanol–water partition coefficient (Wildman–Crippen LogP) is 0.962. The molecule has 0 heterocycles. The highest BCUT2D eigenvalue weighted by Crippen LogP contribution is 2.40. The number of nitrogens with zero attached hydrogens (tertiary/aromatic N) is 1. The van der Waals surface area contributed by atoms with E-state index in [1.807, 2.05) is 7.05 Å². The van der Waals surface area contributed by atoms with Crippen molar-refractivity contribution in [3.05, 3.63) is 0 Å². The van der Waals surface area contributed by atoms with Crippen LogP contribution in [0.15, 0.2) is 0 Å². The van der Waals surface area contributed by atoms with E-state index in [0.29, 0.717) is 5.92 Å². The van der Waals surface area contributed by atoms with Crippen molar-refractivity contribution < 1.29 is 4.79 Å². The molecule has 1 amide bonds. The molecule has 0 aromatic rings. The third kappa shape index (κ3) is 2.86. The molecule has 2 aliphatic carbocycles. The second kappa shape index (κ2) is 5.57. The Hall–Kier alpha value is -0.610. The molecule has 3 N–H and O–H groups in total. The Bertz CT molecular complexity index is 297. The summed E-state index contributed by atoms with van der Waals surface area (Å²) in [7, 11) is 3.99. The van der Waals surface area contributed by atoms with Crippen molar-refractivity contribution in [2.24, 2.45) is 17.6 Å². The van der Waals surface area contributed by atoms with Crippen LogP contribution in [-0.2, 0) is 4.79 Å². The van der Waals surface area contributed by atoms with E-state index in [1.54, 1.807) is 0 Å². The molecule has 1 unspecified atom stereocenters. The summed E-state index contributed by atoms with van der Waals surface area (Å²) in [6.07, 6.45) is 7.68. The number of rotatable bonds is 7. The van der Waals surface area contributed by atoms with Crippen molar-refractivity contribution >= 4 is 5.91 Å². The van der Waals surface area contributed by atoms with E-state index in [-0.39, 0.29) is 5.91 Å². The second-order valence-corrected chi connectivity index (χ2v) is 6.21. The van der Waals surface area contributed by atoms with Crippen molar-refractivity contribution in [1.29, 1.82) is 0 Å². The third-order valence-corrected chi connectivity index (χ3v) is 4.72. The first-order valence-corrected chi connectivity index (χ1v) is 7.26. The van der Waals surface area contributed by atoms with Gasteiger partial charge in [0.2, 0.25) is 5.91 Å². The molecule has 0 radical (unpaired) electrons. The molecule has 0 aromatic carbocycles. The van der Waals surface area contributed by atoms with E-state index in [1.165, 1.54) is 25.7 Å². The summed E-state index contributed by atoms with van der Waals surface area (Å²) in [6.45, 7) is 1.85. The minimum Gasteiger partial charge on any atom is -0.368 e. The van der Waals surface area contributed by atoms with E-state index in [9.17, 15) is 4.79 Å². The lowest BCUT2D eigenvalue weighted by molar-refractivity contribution is -0.126. The topological polar surface area (TPSA) is 58.4 Å². The number of likely N-dealkylation sites (N-methyl/N-ethyl adjacent to an activating group) is 2. The zero-order valence-corrected chi connectivity index (χ0v) is 11.7. The molecule has 104 valence electrons. The highest BCUT2D eigenvalue weighted by molar-refractivity contribution is 5.85. The number of amides is 1. The maximum Gasteiger partial charge on any atom is 0.239 e. The van der Waals surface area contributed by atoms with Crippen molar-refractivity contribution in [3.8, 4) is 0 Å². The summed E-state index contributed by atoms with van der Waals surface area (Å²) in [5.41, 5.74) is 5.14. The highest BCUT2D eigenvalue weighted by atomic mass is 16.1. The lowest BCUT2D eigenvalue weighted by Crippen LogP contribution is -2.62. The van der Waals surface area contributed by atoms with Crippen LogP contribution in [0.3, 0.4) is 0 Å². The summed E-state index contributed by atoms with van der Waals surface area (Å²) in [4.78, 5) is 14.1. The van der Waals surface area contributed by atoms with Gasteiger partial charge in [-0.15, -0.1) is 0 Å². The van der Waals surface area contributed by atoms with Crippen molar-refractivity contribution in [2.45, 2.75) is 44.1 Å². The van der Waals surface area contributed by atoms with Crippen LogP contribution in [0.25, 0.3) is 0 Å². The van der Waals surface area contributed by atoms with Gasteiger partial charge in [-0.2, -0.15) is 0 Å². The largest absolute Gasteiger partial charge is 0.368 e. The zero-order valence-electron chi connectivity index (χ0n) is 11.7. The Labute approximate surface area is 110 Å². The second-order valence-electron chi connectivity index (χ2n) is 6.21. The van der Waals surface area contributed by atoms with E-state index in [2.05, 4.69) is 17.3 Å². The quantitative estimate of drug-likeness (QED) is 0.710. The average molecular weight is 253 g/mol. The van der Waals surface area contributed by atoms with Crippen LogP contribution in [0.4, 0.5) is 0 Å². The molecule has 2 saturated carbocycles. The van der Waals surface area contributed by atoms with Gasteiger partial charge in [0.25, 0.3) is 0 Å². The predicted molar refractivity (Wildman–Crippen MR) is 73.2 cm³/mol. The highest BCUT2D eigenvalue weighted by Gasteiger charge is 2.49.